The van der Waals surface area contributed by atoms with Gasteiger partial charge in [-0.2, -0.15) is 9.78 Å². The van der Waals surface area contributed by atoms with Gasteiger partial charge in [0.1, 0.15) is 5.75 Å². The molecule has 1 aromatic heterocycles. The molecule has 8 nitrogen and oxygen atoms in total. The van der Waals surface area contributed by atoms with Crippen LogP contribution in [0.3, 0.4) is 0 Å². The second-order valence-corrected chi connectivity index (χ2v) is 7.38. The SMILES string of the molecule is COc1cccc(-n2nc(C(=O)NC3CC3)c(=O)n(Cc3ccccc3Cl)c2=O)c1. The lowest BCUT2D eigenvalue weighted by molar-refractivity contribution is 0.0941. The van der Waals surface area contributed by atoms with Crippen LogP contribution in [0.2, 0.25) is 5.02 Å². The number of hydrogen-bond acceptors (Lipinski definition) is 5. The number of carbonyl (C=O) groups excluding carboxylic acids is 1. The van der Waals surface area contributed by atoms with Crippen LogP contribution in [-0.4, -0.2) is 33.4 Å². The number of amides is 1. The van der Waals surface area contributed by atoms with Crippen LogP contribution in [0.4, 0.5) is 0 Å². The van der Waals surface area contributed by atoms with Crippen molar-refractivity contribution in [2.45, 2.75) is 25.4 Å². The van der Waals surface area contributed by atoms with Crippen molar-refractivity contribution in [3.63, 3.8) is 0 Å². The van der Waals surface area contributed by atoms with Crippen LogP contribution in [0, 0.1) is 0 Å². The van der Waals surface area contributed by atoms with Gasteiger partial charge in [0.2, 0.25) is 5.69 Å². The first-order valence-electron chi connectivity index (χ1n) is 9.41. The van der Waals surface area contributed by atoms with E-state index < -0.39 is 17.2 Å². The second-order valence-electron chi connectivity index (χ2n) is 6.97. The Morgan fingerprint density at radius 3 is 2.67 bits per heavy atom. The molecule has 1 saturated carbocycles. The van der Waals surface area contributed by atoms with Crippen LogP contribution in [0.15, 0.2) is 58.1 Å². The summed E-state index contributed by atoms with van der Waals surface area (Å²) in [5.41, 5.74) is -0.854. The first kappa shape index (κ1) is 19.9. The average Bonchev–Trinajstić information content (AvgIpc) is 3.56. The number of ether oxygens (including phenoxy) is 1. The molecule has 0 saturated heterocycles. The van der Waals surface area contributed by atoms with Crippen molar-refractivity contribution < 1.29 is 9.53 Å². The fourth-order valence-electron chi connectivity index (χ4n) is 2.99. The van der Waals surface area contributed by atoms with E-state index in [-0.39, 0.29) is 18.3 Å². The molecule has 0 bridgehead atoms. The highest BCUT2D eigenvalue weighted by molar-refractivity contribution is 6.31. The average molecular weight is 427 g/mol. The van der Waals surface area contributed by atoms with Gasteiger partial charge >= 0.3 is 5.69 Å². The number of hydrogen-bond donors (Lipinski definition) is 1. The number of benzene rings is 2. The normalized spacial score (nSPS) is 13.1. The van der Waals surface area contributed by atoms with Crippen LogP contribution < -0.4 is 21.3 Å². The van der Waals surface area contributed by atoms with E-state index in [0.717, 1.165) is 22.1 Å². The number of rotatable bonds is 6. The maximum atomic E-state index is 13.2. The molecule has 3 aromatic rings. The number of aromatic nitrogens is 3. The van der Waals surface area contributed by atoms with E-state index in [1.165, 1.54) is 7.11 Å². The molecule has 2 aromatic carbocycles. The highest BCUT2D eigenvalue weighted by Crippen LogP contribution is 2.19. The van der Waals surface area contributed by atoms with Crippen molar-refractivity contribution in [1.82, 2.24) is 19.7 Å². The van der Waals surface area contributed by atoms with Crippen molar-refractivity contribution in [2.24, 2.45) is 0 Å². The van der Waals surface area contributed by atoms with Gasteiger partial charge in [0.25, 0.3) is 11.5 Å². The molecular formula is C21H19ClN4O4. The molecule has 4 rings (SSSR count). The Morgan fingerprint density at radius 2 is 1.97 bits per heavy atom. The molecule has 0 radical (unpaired) electrons. The topological polar surface area (TPSA) is 95.2 Å². The van der Waals surface area contributed by atoms with Gasteiger partial charge in [-0.15, -0.1) is 0 Å². The van der Waals surface area contributed by atoms with E-state index in [2.05, 4.69) is 10.4 Å². The fourth-order valence-corrected chi connectivity index (χ4v) is 3.18. The van der Waals surface area contributed by atoms with Gasteiger partial charge in [-0.05, 0) is 36.6 Å². The maximum absolute atomic E-state index is 13.2. The van der Waals surface area contributed by atoms with E-state index in [1.54, 1.807) is 48.5 Å². The van der Waals surface area contributed by atoms with Crippen LogP contribution in [0.5, 0.6) is 5.75 Å². The summed E-state index contributed by atoms with van der Waals surface area (Å²) in [4.78, 5) is 38.8. The first-order chi connectivity index (χ1) is 14.5. The van der Waals surface area contributed by atoms with Crippen molar-refractivity contribution in [2.75, 3.05) is 7.11 Å². The lowest BCUT2D eigenvalue weighted by Gasteiger charge is -2.13. The van der Waals surface area contributed by atoms with E-state index >= 15 is 0 Å². The van der Waals surface area contributed by atoms with Crippen molar-refractivity contribution >= 4 is 17.5 Å². The van der Waals surface area contributed by atoms with Gasteiger partial charge in [0, 0.05) is 17.1 Å². The molecule has 1 fully saturated rings. The van der Waals surface area contributed by atoms with E-state index in [0.29, 0.717) is 22.0 Å². The zero-order chi connectivity index (χ0) is 21.3. The summed E-state index contributed by atoms with van der Waals surface area (Å²) in [5.74, 6) is -0.0962. The van der Waals surface area contributed by atoms with Crippen LogP contribution in [-0.2, 0) is 6.54 Å². The quantitative estimate of drug-likeness (QED) is 0.650. The third-order valence-electron chi connectivity index (χ3n) is 4.77. The van der Waals surface area contributed by atoms with E-state index in [9.17, 15) is 14.4 Å². The summed E-state index contributed by atoms with van der Waals surface area (Å²) < 4.78 is 7.21. The number of nitrogens with zero attached hydrogens (tertiary/aromatic N) is 3. The number of nitrogens with one attached hydrogen (secondary N) is 1. The standard InChI is InChI=1S/C21H19ClN4O4/c1-30-16-7-4-6-15(11-16)26-21(29)25(12-13-5-2-3-8-17(13)22)20(28)18(24-26)19(27)23-14-9-10-14/h2-8,11,14H,9-10,12H2,1H3,(H,23,27). The smallest absolute Gasteiger partial charge is 0.352 e. The molecule has 1 heterocycles. The predicted octanol–water partition coefficient (Wildman–Crippen LogP) is 2.00. The van der Waals surface area contributed by atoms with Crippen molar-refractivity contribution in [3.8, 4) is 11.4 Å². The molecule has 30 heavy (non-hydrogen) atoms. The van der Waals surface area contributed by atoms with Gasteiger partial charge in [-0.1, -0.05) is 35.9 Å². The molecule has 1 aliphatic carbocycles. The maximum Gasteiger partial charge on any atom is 0.352 e. The number of halogens is 1. The molecule has 9 heteroatoms. The summed E-state index contributed by atoms with van der Waals surface area (Å²) in [6, 6.07) is 13.6. The highest BCUT2D eigenvalue weighted by atomic mass is 35.5. The largest absolute Gasteiger partial charge is 0.497 e. The molecule has 1 aliphatic rings. The Bertz CT molecular complexity index is 1230. The number of methoxy groups -OCH3 is 1. The zero-order valence-electron chi connectivity index (χ0n) is 16.2. The Kier molecular flexibility index (Phi) is 5.41. The predicted molar refractivity (Wildman–Crippen MR) is 112 cm³/mol. The molecule has 0 atom stereocenters. The van der Waals surface area contributed by atoms with Crippen LogP contribution in [0.1, 0.15) is 28.9 Å². The van der Waals surface area contributed by atoms with Crippen molar-refractivity contribution in [1.29, 1.82) is 0 Å². The zero-order valence-corrected chi connectivity index (χ0v) is 16.9. The highest BCUT2D eigenvalue weighted by Gasteiger charge is 2.27. The number of carbonyl (C=O) groups is 1. The van der Waals surface area contributed by atoms with E-state index in [1.807, 2.05) is 0 Å². The summed E-state index contributed by atoms with van der Waals surface area (Å²) >= 11 is 6.22. The Hall–Kier alpha value is -3.39. The van der Waals surface area contributed by atoms with Gasteiger partial charge in [0.15, 0.2) is 0 Å². The summed E-state index contributed by atoms with van der Waals surface area (Å²) in [6.45, 7) is -0.0897. The Morgan fingerprint density at radius 1 is 1.20 bits per heavy atom. The van der Waals surface area contributed by atoms with Crippen LogP contribution >= 0.6 is 11.6 Å². The summed E-state index contributed by atoms with van der Waals surface area (Å²) in [7, 11) is 1.50. The molecule has 1 amide bonds. The lowest BCUT2D eigenvalue weighted by Crippen LogP contribution is -2.46. The minimum absolute atomic E-state index is 0.0351. The molecule has 0 spiro atoms. The van der Waals surface area contributed by atoms with Gasteiger partial charge in [-0.25, -0.2) is 4.79 Å². The van der Waals surface area contributed by atoms with Crippen molar-refractivity contribution in [3.05, 3.63) is 85.6 Å². The monoisotopic (exact) mass is 426 g/mol. The second kappa shape index (κ2) is 8.16. The first-order valence-corrected chi connectivity index (χ1v) is 9.78. The van der Waals surface area contributed by atoms with Gasteiger partial charge in [-0.3, -0.25) is 14.2 Å². The molecule has 1 N–H and O–H groups in total. The molecular weight excluding hydrogens is 408 g/mol. The minimum Gasteiger partial charge on any atom is -0.497 e. The Labute approximate surface area is 176 Å². The summed E-state index contributed by atoms with van der Waals surface area (Å²) in [5, 5.41) is 7.26. The van der Waals surface area contributed by atoms with Crippen LogP contribution in [0.25, 0.3) is 5.69 Å². The van der Waals surface area contributed by atoms with E-state index in [4.69, 9.17) is 16.3 Å². The Balaban J connectivity index is 1.89. The molecule has 154 valence electrons. The van der Waals surface area contributed by atoms with Gasteiger partial charge in [0.05, 0.1) is 19.3 Å². The summed E-state index contributed by atoms with van der Waals surface area (Å²) in [6.07, 6.45) is 1.71. The fraction of sp³-hybridized carbons (Fsp3) is 0.238. The molecule has 0 aliphatic heterocycles. The minimum atomic E-state index is -0.766. The third-order valence-corrected chi connectivity index (χ3v) is 5.14. The third kappa shape index (κ3) is 3.99. The lowest BCUT2D eigenvalue weighted by atomic mass is 10.2. The van der Waals surface area contributed by atoms with Gasteiger partial charge < -0.3 is 10.1 Å². The molecule has 0 unspecified atom stereocenters.